The van der Waals surface area contributed by atoms with Crippen LogP contribution in [0.1, 0.15) is 33.6 Å². The van der Waals surface area contributed by atoms with Crippen LogP contribution in [0.4, 0.5) is 0 Å². The number of ether oxygens (including phenoxy) is 1. The summed E-state index contributed by atoms with van der Waals surface area (Å²) in [7, 11) is 0. The Labute approximate surface area is 93.0 Å². The summed E-state index contributed by atoms with van der Waals surface area (Å²) in [4.78, 5) is 24.3. The quantitative estimate of drug-likeness (QED) is 0.335. The van der Waals surface area contributed by atoms with E-state index in [1.807, 2.05) is 0 Å². The van der Waals surface area contributed by atoms with Crippen LogP contribution >= 0.6 is 0 Å². The molecule has 0 fully saturated rings. The Morgan fingerprint density at radius 1 is 1.50 bits per heavy atom. The third-order valence-corrected chi connectivity index (χ3v) is 1.50. The number of carbonyl (C=O) groups excluding carboxylic acids is 1. The van der Waals surface area contributed by atoms with E-state index in [-0.39, 0.29) is 12.8 Å². The number of hydrogen-bond donors (Lipinski definition) is 1. The zero-order chi connectivity index (χ0) is 12.8. The Morgan fingerprint density at radius 2 is 2.06 bits per heavy atom. The molecule has 0 aliphatic rings. The fourth-order valence-electron chi connectivity index (χ4n) is 0.915. The van der Waals surface area contributed by atoms with Gasteiger partial charge in [-0.25, -0.2) is 0 Å². The van der Waals surface area contributed by atoms with E-state index in [0.717, 1.165) is 0 Å². The zero-order valence-electron chi connectivity index (χ0n) is 9.51. The molecule has 0 rings (SSSR count). The maximum atomic E-state index is 11.5. The van der Waals surface area contributed by atoms with E-state index in [1.165, 1.54) is 0 Å². The van der Waals surface area contributed by atoms with E-state index < -0.39 is 23.6 Å². The molecular formula is C9H15N3O4. The smallest absolute Gasteiger partial charge is 0.315 e. The molecule has 16 heavy (non-hydrogen) atoms. The van der Waals surface area contributed by atoms with Crippen molar-refractivity contribution < 1.29 is 19.4 Å². The van der Waals surface area contributed by atoms with E-state index in [1.54, 1.807) is 20.8 Å². The summed E-state index contributed by atoms with van der Waals surface area (Å²) >= 11 is 0. The second-order valence-electron chi connectivity index (χ2n) is 4.19. The molecule has 0 bridgehead atoms. The van der Waals surface area contributed by atoms with Gasteiger partial charge in [0.05, 0.1) is 0 Å². The highest BCUT2D eigenvalue weighted by Crippen LogP contribution is 2.12. The molecule has 0 aromatic heterocycles. The van der Waals surface area contributed by atoms with Crippen molar-refractivity contribution in [3.05, 3.63) is 10.4 Å². The lowest BCUT2D eigenvalue weighted by atomic mass is 10.1. The molecule has 7 nitrogen and oxygen atoms in total. The minimum atomic E-state index is -1.08. The summed E-state index contributed by atoms with van der Waals surface area (Å²) in [5.41, 5.74) is 7.56. The highest BCUT2D eigenvalue weighted by atomic mass is 16.6. The largest absolute Gasteiger partial charge is 0.481 e. The second kappa shape index (κ2) is 5.97. The first-order chi connectivity index (χ1) is 7.26. The van der Waals surface area contributed by atoms with E-state index in [4.69, 9.17) is 15.4 Å². The lowest BCUT2D eigenvalue weighted by molar-refractivity contribution is -0.156. The molecule has 0 saturated heterocycles. The number of azide groups is 1. The van der Waals surface area contributed by atoms with Crippen molar-refractivity contribution in [1.82, 2.24) is 0 Å². The molecule has 0 amide bonds. The number of esters is 1. The van der Waals surface area contributed by atoms with Gasteiger partial charge >= 0.3 is 11.9 Å². The first kappa shape index (κ1) is 14.2. The highest BCUT2D eigenvalue weighted by Gasteiger charge is 2.24. The molecule has 90 valence electrons. The van der Waals surface area contributed by atoms with Crippen LogP contribution < -0.4 is 0 Å². The molecule has 0 aromatic rings. The van der Waals surface area contributed by atoms with Gasteiger partial charge in [0.25, 0.3) is 0 Å². The third-order valence-electron chi connectivity index (χ3n) is 1.50. The maximum Gasteiger partial charge on any atom is 0.315 e. The van der Waals surface area contributed by atoms with Crippen LogP contribution in [0.15, 0.2) is 5.11 Å². The van der Waals surface area contributed by atoms with Gasteiger partial charge in [0, 0.05) is 11.3 Å². The number of hydrogen-bond acceptors (Lipinski definition) is 4. The minimum Gasteiger partial charge on any atom is -0.481 e. The monoisotopic (exact) mass is 229 g/mol. The molecule has 0 radical (unpaired) electrons. The molecule has 0 aliphatic heterocycles. The van der Waals surface area contributed by atoms with Gasteiger partial charge < -0.3 is 9.84 Å². The first-order valence-electron chi connectivity index (χ1n) is 4.75. The van der Waals surface area contributed by atoms with Crippen LogP contribution in [0, 0.1) is 0 Å². The average molecular weight is 229 g/mol. The molecule has 0 saturated carbocycles. The van der Waals surface area contributed by atoms with Crippen LogP contribution in [0.2, 0.25) is 0 Å². The van der Waals surface area contributed by atoms with Gasteiger partial charge in [-0.2, -0.15) is 0 Å². The zero-order valence-corrected chi connectivity index (χ0v) is 9.51. The van der Waals surface area contributed by atoms with Gasteiger partial charge in [-0.3, -0.25) is 9.59 Å². The molecule has 0 aliphatic carbocycles. The molecule has 1 unspecified atom stereocenters. The van der Waals surface area contributed by atoms with Crippen LogP contribution in [0.5, 0.6) is 0 Å². The number of nitrogens with zero attached hydrogens (tertiary/aromatic N) is 3. The normalized spacial score (nSPS) is 12.4. The Balaban J connectivity index is 4.47. The third kappa shape index (κ3) is 6.67. The number of aliphatic carboxylic acids is 1. The van der Waals surface area contributed by atoms with Gasteiger partial charge in [-0.1, -0.05) is 5.11 Å². The van der Waals surface area contributed by atoms with Crippen molar-refractivity contribution in [3.8, 4) is 0 Å². The number of carbonyl (C=O) groups is 2. The summed E-state index contributed by atoms with van der Waals surface area (Å²) in [6, 6.07) is -1.08. The van der Waals surface area contributed by atoms with E-state index in [2.05, 4.69) is 10.0 Å². The Kier molecular flexibility index (Phi) is 5.32. The topological polar surface area (TPSA) is 112 Å². The predicted octanol–water partition coefficient (Wildman–Crippen LogP) is 1.87. The summed E-state index contributed by atoms with van der Waals surface area (Å²) in [5, 5.41) is 11.7. The van der Waals surface area contributed by atoms with Gasteiger partial charge in [0.2, 0.25) is 0 Å². The summed E-state index contributed by atoms with van der Waals surface area (Å²) < 4.78 is 4.99. The molecule has 0 heterocycles. The molecule has 1 atom stereocenters. The average Bonchev–Trinajstić information content (AvgIpc) is 2.08. The molecule has 0 spiro atoms. The van der Waals surface area contributed by atoms with Gasteiger partial charge in [-0.05, 0) is 32.7 Å². The molecular weight excluding hydrogens is 214 g/mol. The maximum absolute atomic E-state index is 11.5. The summed E-state index contributed by atoms with van der Waals surface area (Å²) in [6.45, 7) is 5.03. The molecule has 1 N–H and O–H groups in total. The van der Waals surface area contributed by atoms with Crippen molar-refractivity contribution in [2.45, 2.75) is 45.3 Å². The van der Waals surface area contributed by atoms with Crippen molar-refractivity contribution >= 4 is 11.9 Å². The fourth-order valence-corrected chi connectivity index (χ4v) is 0.915. The van der Waals surface area contributed by atoms with Crippen molar-refractivity contribution in [1.29, 1.82) is 0 Å². The van der Waals surface area contributed by atoms with Crippen LogP contribution in [-0.4, -0.2) is 28.7 Å². The predicted molar refractivity (Wildman–Crippen MR) is 55.6 cm³/mol. The number of rotatable bonds is 5. The minimum absolute atomic E-state index is 0.0612. The fraction of sp³-hybridized carbons (Fsp3) is 0.778. The molecule has 7 heteroatoms. The number of carboxylic acid groups (broad SMARTS) is 1. The summed E-state index contributed by atoms with van der Waals surface area (Å²) in [6.07, 6.45) is -0.308. The van der Waals surface area contributed by atoms with E-state index in [0.29, 0.717) is 0 Å². The van der Waals surface area contributed by atoms with Crippen molar-refractivity contribution in [2.24, 2.45) is 5.11 Å². The van der Waals surface area contributed by atoms with Crippen LogP contribution in [-0.2, 0) is 14.3 Å². The van der Waals surface area contributed by atoms with Gasteiger partial charge in [0.15, 0.2) is 0 Å². The lowest BCUT2D eigenvalue weighted by Gasteiger charge is -2.21. The van der Waals surface area contributed by atoms with Gasteiger partial charge in [0.1, 0.15) is 11.6 Å². The first-order valence-corrected chi connectivity index (χ1v) is 4.75. The van der Waals surface area contributed by atoms with Crippen molar-refractivity contribution in [3.63, 3.8) is 0 Å². The SMILES string of the molecule is CC(C)(C)OC(=O)C(CCC(=O)O)N=[N+]=[N-]. The van der Waals surface area contributed by atoms with E-state index in [9.17, 15) is 9.59 Å². The standard InChI is InChI=1S/C9H15N3O4/c1-9(2,3)16-8(15)6(11-12-10)4-5-7(13)14/h6H,4-5H2,1-3H3,(H,13,14). The van der Waals surface area contributed by atoms with Gasteiger partial charge in [-0.15, -0.1) is 0 Å². The number of carboxylic acids is 1. The summed E-state index contributed by atoms with van der Waals surface area (Å²) in [5.74, 6) is -1.76. The lowest BCUT2D eigenvalue weighted by Crippen LogP contribution is -2.31. The van der Waals surface area contributed by atoms with Crippen molar-refractivity contribution in [2.75, 3.05) is 0 Å². The van der Waals surface area contributed by atoms with Crippen LogP contribution in [0.25, 0.3) is 10.4 Å². The Bertz CT molecular complexity index is 315. The molecule has 0 aromatic carbocycles. The second-order valence-corrected chi connectivity index (χ2v) is 4.19. The highest BCUT2D eigenvalue weighted by molar-refractivity contribution is 5.77. The van der Waals surface area contributed by atoms with Crippen LogP contribution in [0.3, 0.4) is 0 Å². The Morgan fingerprint density at radius 3 is 2.44 bits per heavy atom. The van der Waals surface area contributed by atoms with E-state index >= 15 is 0 Å². The Hall–Kier alpha value is -1.75.